The molecule has 0 radical (unpaired) electrons. The third kappa shape index (κ3) is 3.57. The fraction of sp³-hybridized carbons (Fsp3) is 0.462. The highest BCUT2D eigenvalue weighted by molar-refractivity contribution is 7.86. The summed E-state index contributed by atoms with van der Waals surface area (Å²) in [6.07, 6.45) is 0. The van der Waals surface area contributed by atoms with Crippen LogP contribution in [-0.4, -0.2) is 33.9 Å². The van der Waals surface area contributed by atoms with E-state index >= 15 is 0 Å². The van der Waals surface area contributed by atoms with Crippen LogP contribution in [0.4, 0.5) is 5.69 Å². The molecule has 0 saturated heterocycles. The molecule has 1 aromatic rings. The number of rotatable bonds is 4. The number of nitrogens with zero attached hydrogens (tertiary/aromatic N) is 1. The van der Waals surface area contributed by atoms with Crippen LogP contribution in [0.3, 0.4) is 0 Å². The van der Waals surface area contributed by atoms with Crippen LogP contribution in [0.15, 0.2) is 23.1 Å². The molecule has 0 aromatic heterocycles. The number of benzene rings is 1. The van der Waals surface area contributed by atoms with Crippen LogP contribution in [0.2, 0.25) is 0 Å². The zero-order valence-electron chi connectivity index (χ0n) is 11.3. The van der Waals surface area contributed by atoms with Crippen molar-refractivity contribution in [3.8, 4) is 0 Å². The van der Waals surface area contributed by atoms with Gasteiger partial charge in [0.25, 0.3) is 0 Å². The van der Waals surface area contributed by atoms with Crippen molar-refractivity contribution >= 4 is 22.4 Å². The average molecular weight is 268 g/mol. The summed E-state index contributed by atoms with van der Waals surface area (Å²) in [5.74, 6) is -0.162. The van der Waals surface area contributed by atoms with E-state index in [1.165, 1.54) is 0 Å². The lowest BCUT2D eigenvalue weighted by molar-refractivity contribution is -0.128. The maximum Gasteiger partial charge on any atom is 0.235 e. The number of carbonyl (C=O) groups is 1. The van der Waals surface area contributed by atoms with Gasteiger partial charge in [-0.3, -0.25) is 9.00 Å². The predicted octanol–water partition coefficient (Wildman–Crippen LogP) is 1.55. The first-order valence-corrected chi connectivity index (χ1v) is 7.15. The summed E-state index contributed by atoms with van der Waals surface area (Å²) < 4.78 is 12.1. The van der Waals surface area contributed by atoms with Crippen LogP contribution in [0.25, 0.3) is 0 Å². The number of carbonyl (C=O) groups excluding carboxylic acids is 1. The average Bonchev–Trinajstić information content (AvgIpc) is 2.27. The fourth-order valence-corrected chi connectivity index (χ4v) is 2.58. The number of hydrogen-bond acceptors (Lipinski definition) is 3. The Labute approximate surface area is 111 Å². The molecule has 100 valence electrons. The summed E-state index contributed by atoms with van der Waals surface area (Å²) in [6, 6.07) is 5.44. The normalized spacial score (nSPS) is 12.5. The molecule has 0 aliphatic heterocycles. The van der Waals surface area contributed by atoms with E-state index in [1.807, 2.05) is 26.8 Å². The standard InChI is InChI=1S/C13H20N2O2S/c1-9(2)15(4)13(16)8-18(17)12-6-5-10(3)7-11(12)14/h5-7,9H,8,14H2,1-4H3. The van der Waals surface area contributed by atoms with Crippen molar-refractivity contribution < 1.29 is 9.00 Å². The van der Waals surface area contributed by atoms with E-state index in [2.05, 4.69) is 0 Å². The molecule has 0 fully saturated rings. The van der Waals surface area contributed by atoms with E-state index in [9.17, 15) is 9.00 Å². The van der Waals surface area contributed by atoms with Crippen molar-refractivity contribution in [3.05, 3.63) is 23.8 Å². The van der Waals surface area contributed by atoms with Crippen molar-refractivity contribution in [1.82, 2.24) is 4.90 Å². The Kier molecular flexibility index (Phi) is 4.90. The predicted molar refractivity (Wildman–Crippen MR) is 74.8 cm³/mol. The van der Waals surface area contributed by atoms with Gasteiger partial charge in [0, 0.05) is 18.8 Å². The molecule has 5 heteroatoms. The highest BCUT2D eigenvalue weighted by Gasteiger charge is 2.17. The molecular formula is C13H20N2O2S. The zero-order valence-corrected chi connectivity index (χ0v) is 12.1. The molecule has 1 amide bonds. The molecule has 0 saturated carbocycles. The maximum atomic E-state index is 12.1. The van der Waals surface area contributed by atoms with Crippen molar-refractivity contribution in [1.29, 1.82) is 0 Å². The molecule has 2 N–H and O–H groups in total. The SMILES string of the molecule is Cc1ccc(S(=O)CC(=O)N(C)C(C)C)c(N)c1. The highest BCUT2D eigenvalue weighted by Crippen LogP contribution is 2.18. The van der Waals surface area contributed by atoms with E-state index in [1.54, 1.807) is 24.1 Å². The van der Waals surface area contributed by atoms with E-state index in [0.717, 1.165) is 5.56 Å². The lowest BCUT2D eigenvalue weighted by atomic mass is 10.2. The Balaban J connectivity index is 2.80. The van der Waals surface area contributed by atoms with Crippen molar-refractivity contribution in [2.75, 3.05) is 18.5 Å². The van der Waals surface area contributed by atoms with Gasteiger partial charge in [-0.15, -0.1) is 0 Å². The number of hydrogen-bond donors (Lipinski definition) is 1. The minimum Gasteiger partial charge on any atom is -0.398 e. The Bertz CT molecular complexity index is 472. The monoisotopic (exact) mass is 268 g/mol. The first-order chi connectivity index (χ1) is 8.32. The second kappa shape index (κ2) is 6.00. The fourth-order valence-electron chi connectivity index (χ4n) is 1.45. The van der Waals surface area contributed by atoms with Gasteiger partial charge in [0.05, 0.1) is 15.7 Å². The summed E-state index contributed by atoms with van der Waals surface area (Å²) >= 11 is 0. The van der Waals surface area contributed by atoms with E-state index in [-0.39, 0.29) is 17.7 Å². The minimum atomic E-state index is -1.39. The van der Waals surface area contributed by atoms with Gasteiger partial charge in [0.1, 0.15) is 5.75 Å². The summed E-state index contributed by atoms with van der Waals surface area (Å²) in [5, 5.41) is 0. The molecule has 1 rings (SSSR count). The van der Waals surface area contributed by atoms with Crippen LogP contribution in [0.1, 0.15) is 19.4 Å². The van der Waals surface area contributed by atoms with Gasteiger partial charge in [0.2, 0.25) is 5.91 Å². The summed E-state index contributed by atoms with van der Waals surface area (Å²) in [5.41, 5.74) is 7.31. The van der Waals surface area contributed by atoms with Crippen LogP contribution in [0, 0.1) is 6.92 Å². The molecule has 0 aliphatic rings. The van der Waals surface area contributed by atoms with Gasteiger partial charge in [-0.1, -0.05) is 6.07 Å². The van der Waals surface area contributed by atoms with Crippen LogP contribution in [-0.2, 0) is 15.6 Å². The highest BCUT2D eigenvalue weighted by atomic mass is 32.2. The largest absolute Gasteiger partial charge is 0.398 e. The van der Waals surface area contributed by atoms with Gasteiger partial charge in [-0.05, 0) is 38.5 Å². The van der Waals surface area contributed by atoms with Gasteiger partial charge >= 0.3 is 0 Å². The number of aryl methyl sites for hydroxylation is 1. The molecule has 0 aliphatic carbocycles. The molecule has 0 heterocycles. The lowest BCUT2D eigenvalue weighted by Gasteiger charge is -2.21. The number of anilines is 1. The van der Waals surface area contributed by atoms with Gasteiger partial charge in [-0.25, -0.2) is 0 Å². The Morgan fingerprint density at radius 2 is 2.06 bits per heavy atom. The molecule has 1 atom stereocenters. The quantitative estimate of drug-likeness (QED) is 0.843. The molecule has 1 unspecified atom stereocenters. The lowest BCUT2D eigenvalue weighted by Crippen LogP contribution is -2.36. The van der Waals surface area contributed by atoms with Crippen molar-refractivity contribution in [2.24, 2.45) is 0 Å². The Morgan fingerprint density at radius 3 is 2.56 bits per heavy atom. The van der Waals surface area contributed by atoms with E-state index in [0.29, 0.717) is 10.6 Å². The Hall–Kier alpha value is -1.36. The smallest absolute Gasteiger partial charge is 0.235 e. The zero-order chi connectivity index (χ0) is 13.9. The minimum absolute atomic E-state index is 0.0259. The van der Waals surface area contributed by atoms with Gasteiger partial charge < -0.3 is 10.6 Å². The van der Waals surface area contributed by atoms with Gasteiger partial charge in [-0.2, -0.15) is 0 Å². The first kappa shape index (κ1) is 14.7. The van der Waals surface area contributed by atoms with Crippen molar-refractivity contribution in [3.63, 3.8) is 0 Å². The van der Waals surface area contributed by atoms with E-state index in [4.69, 9.17) is 5.73 Å². The third-order valence-electron chi connectivity index (χ3n) is 2.83. The number of nitrogen functional groups attached to an aromatic ring is 1. The maximum absolute atomic E-state index is 12.1. The van der Waals surface area contributed by atoms with Gasteiger partial charge in [0.15, 0.2) is 0 Å². The summed E-state index contributed by atoms with van der Waals surface area (Å²) in [6.45, 7) is 5.75. The molecule has 1 aromatic carbocycles. The van der Waals surface area contributed by atoms with Crippen LogP contribution in [0.5, 0.6) is 0 Å². The number of nitrogens with two attached hydrogens (primary N) is 1. The molecular weight excluding hydrogens is 248 g/mol. The number of amides is 1. The first-order valence-electron chi connectivity index (χ1n) is 5.83. The molecule has 0 spiro atoms. The second-order valence-electron chi connectivity index (χ2n) is 4.63. The Morgan fingerprint density at radius 1 is 1.44 bits per heavy atom. The second-order valence-corrected chi connectivity index (χ2v) is 6.05. The van der Waals surface area contributed by atoms with E-state index < -0.39 is 10.8 Å². The third-order valence-corrected chi connectivity index (χ3v) is 4.20. The summed E-state index contributed by atoms with van der Waals surface area (Å²) in [7, 11) is 0.324. The topological polar surface area (TPSA) is 63.4 Å². The molecule has 0 bridgehead atoms. The molecule has 18 heavy (non-hydrogen) atoms. The van der Waals surface area contributed by atoms with Crippen molar-refractivity contribution in [2.45, 2.75) is 31.7 Å². The summed E-state index contributed by atoms with van der Waals surface area (Å²) in [4.78, 5) is 14.0. The van der Waals surface area contributed by atoms with Crippen LogP contribution < -0.4 is 5.73 Å². The molecule has 4 nitrogen and oxygen atoms in total. The van der Waals surface area contributed by atoms with Crippen LogP contribution >= 0.6 is 0 Å².